The summed E-state index contributed by atoms with van der Waals surface area (Å²) in [5, 5.41) is 4.58. The smallest absolute Gasteiger partial charge is 0.216 e. The molecule has 0 aromatic carbocycles. The third kappa shape index (κ3) is 3.24. The number of methoxy groups -OCH3 is 1. The molecule has 0 aliphatic carbocycles. The van der Waals surface area contributed by atoms with Gasteiger partial charge in [0.1, 0.15) is 0 Å². The largest absolute Gasteiger partial charge is 0.481 e. The van der Waals surface area contributed by atoms with E-state index in [1.54, 1.807) is 7.11 Å². The zero-order valence-corrected chi connectivity index (χ0v) is 13.9. The fourth-order valence-electron chi connectivity index (χ4n) is 3.76. The molecule has 1 saturated heterocycles. The molecule has 2 N–H and O–H groups in total. The Labute approximate surface area is 128 Å². The minimum absolute atomic E-state index is 0.334. The van der Waals surface area contributed by atoms with Gasteiger partial charge < -0.3 is 10.5 Å². The summed E-state index contributed by atoms with van der Waals surface area (Å²) in [5.74, 6) is 1.37. The van der Waals surface area contributed by atoms with E-state index in [1.165, 1.54) is 24.8 Å². The lowest BCUT2D eigenvalue weighted by Crippen LogP contribution is -2.36. The molecule has 21 heavy (non-hydrogen) atoms. The van der Waals surface area contributed by atoms with Crippen LogP contribution < -0.4 is 10.5 Å². The number of nitrogens with zero attached hydrogens (tertiary/aromatic N) is 3. The minimum atomic E-state index is 0.334. The van der Waals surface area contributed by atoms with Crippen LogP contribution in [0.1, 0.15) is 49.9 Å². The highest BCUT2D eigenvalue weighted by molar-refractivity contribution is 5.35. The quantitative estimate of drug-likeness (QED) is 0.905. The molecule has 1 aliphatic heterocycles. The predicted molar refractivity (Wildman–Crippen MR) is 85.5 cm³/mol. The van der Waals surface area contributed by atoms with Crippen molar-refractivity contribution >= 4 is 0 Å². The Morgan fingerprint density at radius 2 is 2.14 bits per heavy atom. The van der Waals surface area contributed by atoms with Crippen molar-refractivity contribution in [1.29, 1.82) is 0 Å². The van der Waals surface area contributed by atoms with E-state index in [0.29, 0.717) is 12.0 Å². The van der Waals surface area contributed by atoms with E-state index in [1.807, 2.05) is 11.7 Å². The van der Waals surface area contributed by atoms with Gasteiger partial charge in [0.2, 0.25) is 5.88 Å². The summed E-state index contributed by atoms with van der Waals surface area (Å²) in [7, 11) is 3.69. The van der Waals surface area contributed by atoms with Gasteiger partial charge in [-0.15, -0.1) is 0 Å². The van der Waals surface area contributed by atoms with Crippen molar-refractivity contribution in [1.82, 2.24) is 14.7 Å². The summed E-state index contributed by atoms with van der Waals surface area (Å²) < 4.78 is 7.50. The van der Waals surface area contributed by atoms with Gasteiger partial charge in [-0.2, -0.15) is 5.10 Å². The molecule has 1 fully saturated rings. The lowest BCUT2D eigenvalue weighted by Gasteiger charge is -2.34. The summed E-state index contributed by atoms with van der Waals surface area (Å²) in [5.41, 5.74) is 8.42. The first-order valence-corrected chi connectivity index (χ1v) is 8.15. The Balaban J connectivity index is 2.46. The summed E-state index contributed by atoms with van der Waals surface area (Å²) in [6, 6.07) is 0.334. The SMILES string of the molecule is CCCN1CCCCC(CN)C1c1c(C)nn(C)c1OC. The van der Waals surface area contributed by atoms with Gasteiger partial charge in [0.15, 0.2) is 0 Å². The molecular weight excluding hydrogens is 264 g/mol. The van der Waals surface area contributed by atoms with Crippen molar-refractivity contribution in [3.05, 3.63) is 11.3 Å². The van der Waals surface area contributed by atoms with Crippen LogP contribution in [-0.2, 0) is 7.05 Å². The Morgan fingerprint density at radius 3 is 2.76 bits per heavy atom. The third-order valence-corrected chi connectivity index (χ3v) is 4.63. The summed E-state index contributed by atoms with van der Waals surface area (Å²) in [4.78, 5) is 2.59. The summed E-state index contributed by atoms with van der Waals surface area (Å²) in [6.07, 6.45) is 4.88. The molecule has 0 radical (unpaired) electrons. The van der Waals surface area contributed by atoms with Gasteiger partial charge in [-0.3, -0.25) is 4.90 Å². The number of aromatic nitrogens is 2. The molecule has 5 heteroatoms. The highest BCUT2D eigenvalue weighted by atomic mass is 16.5. The number of nitrogens with two attached hydrogens (primary N) is 1. The average molecular weight is 294 g/mol. The fourth-order valence-corrected chi connectivity index (χ4v) is 3.76. The van der Waals surface area contributed by atoms with Crippen LogP contribution in [0.2, 0.25) is 0 Å². The average Bonchev–Trinajstić information content (AvgIpc) is 2.63. The van der Waals surface area contributed by atoms with Crippen molar-refractivity contribution in [3.8, 4) is 5.88 Å². The van der Waals surface area contributed by atoms with Crippen LogP contribution in [0.3, 0.4) is 0 Å². The van der Waals surface area contributed by atoms with Gasteiger partial charge in [0.25, 0.3) is 0 Å². The maximum Gasteiger partial charge on any atom is 0.216 e. The number of aryl methyl sites for hydroxylation is 2. The van der Waals surface area contributed by atoms with Crippen molar-refractivity contribution in [3.63, 3.8) is 0 Å². The zero-order chi connectivity index (χ0) is 15.4. The van der Waals surface area contributed by atoms with Crippen LogP contribution in [0.5, 0.6) is 5.88 Å². The minimum Gasteiger partial charge on any atom is -0.481 e. The molecule has 2 rings (SSSR count). The number of ether oxygens (including phenoxy) is 1. The number of rotatable bonds is 5. The molecule has 2 atom stereocenters. The molecule has 0 saturated carbocycles. The zero-order valence-electron chi connectivity index (χ0n) is 13.9. The molecule has 120 valence electrons. The molecule has 1 aliphatic rings. The number of hydrogen-bond donors (Lipinski definition) is 1. The van der Waals surface area contributed by atoms with Gasteiger partial charge in [-0.25, -0.2) is 4.68 Å². The molecular formula is C16H30N4O. The lowest BCUT2D eigenvalue weighted by molar-refractivity contribution is 0.154. The molecule has 1 aromatic rings. The predicted octanol–water partition coefficient (Wildman–Crippen LogP) is 2.25. The lowest BCUT2D eigenvalue weighted by atomic mass is 9.89. The van der Waals surface area contributed by atoms with Crippen LogP contribution in [0.4, 0.5) is 0 Å². The Bertz CT molecular complexity index is 457. The van der Waals surface area contributed by atoms with E-state index in [-0.39, 0.29) is 0 Å². The third-order valence-electron chi connectivity index (χ3n) is 4.63. The van der Waals surface area contributed by atoms with Crippen molar-refractivity contribution in [2.75, 3.05) is 26.7 Å². The molecule has 0 spiro atoms. The van der Waals surface area contributed by atoms with Gasteiger partial charge in [0, 0.05) is 13.1 Å². The molecule has 0 amide bonds. The van der Waals surface area contributed by atoms with Crippen LogP contribution in [0.15, 0.2) is 0 Å². The second-order valence-corrected chi connectivity index (χ2v) is 6.10. The maximum absolute atomic E-state index is 6.11. The molecule has 5 nitrogen and oxygen atoms in total. The van der Waals surface area contributed by atoms with Crippen LogP contribution in [0, 0.1) is 12.8 Å². The highest BCUT2D eigenvalue weighted by Crippen LogP contribution is 2.40. The fraction of sp³-hybridized carbons (Fsp3) is 0.812. The standard InChI is InChI=1S/C16H30N4O/c1-5-9-20-10-7-6-8-13(11-17)15(20)14-12(2)18-19(3)16(14)21-4/h13,15H,5-11,17H2,1-4H3. The number of hydrogen-bond acceptors (Lipinski definition) is 4. The van der Waals surface area contributed by atoms with E-state index in [2.05, 4.69) is 23.8 Å². The second kappa shape index (κ2) is 7.27. The molecule has 1 aromatic heterocycles. The van der Waals surface area contributed by atoms with Crippen LogP contribution in [-0.4, -0.2) is 41.4 Å². The maximum atomic E-state index is 6.11. The first-order chi connectivity index (χ1) is 10.1. The van der Waals surface area contributed by atoms with Crippen molar-refractivity contribution < 1.29 is 4.74 Å². The Morgan fingerprint density at radius 1 is 1.38 bits per heavy atom. The van der Waals surface area contributed by atoms with E-state index < -0.39 is 0 Å². The van der Waals surface area contributed by atoms with Gasteiger partial charge in [-0.05, 0) is 51.7 Å². The van der Waals surface area contributed by atoms with Crippen LogP contribution in [0.25, 0.3) is 0 Å². The molecule has 2 unspecified atom stereocenters. The van der Waals surface area contributed by atoms with Crippen molar-refractivity contribution in [2.24, 2.45) is 18.7 Å². The first-order valence-electron chi connectivity index (χ1n) is 8.15. The van der Waals surface area contributed by atoms with E-state index in [4.69, 9.17) is 10.5 Å². The Kier molecular flexibility index (Phi) is 5.65. The van der Waals surface area contributed by atoms with E-state index in [0.717, 1.165) is 37.6 Å². The van der Waals surface area contributed by atoms with Gasteiger partial charge in [-0.1, -0.05) is 13.3 Å². The highest BCUT2D eigenvalue weighted by Gasteiger charge is 2.35. The topological polar surface area (TPSA) is 56.3 Å². The first kappa shape index (κ1) is 16.3. The second-order valence-electron chi connectivity index (χ2n) is 6.10. The normalized spacial score (nSPS) is 24.0. The van der Waals surface area contributed by atoms with Gasteiger partial charge in [0.05, 0.1) is 18.4 Å². The summed E-state index contributed by atoms with van der Waals surface area (Å²) >= 11 is 0. The number of likely N-dealkylation sites (tertiary alicyclic amines) is 1. The van der Waals surface area contributed by atoms with Crippen LogP contribution >= 0.6 is 0 Å². The van der Waals surface area contributed by atoms with E-state index in [9.17, 15) is 0 Å². The van der Waals surface area contributed by atoms with E-state index >= 15 is 0 Å². The van der Waals surface area contributed by atoms with Gasteiger partial charge >= 0.3 is 0 Å². The summed E-state index contributed by atoms with van der Waals surface area (Å²) in [6.45, 7) is 7.31. The Hall–Kier alpha value is -1.07. The monoisotopic (exact) mass is 294 g/mol. The molecule has 0 bridgehead atoms. The molecule has 2 heterocycles. The van der Waals surface area contributed by atoms with Crippen molar-refractivity contribution in [2.45, 2.75) is 45.6 Å².